The first-order valence-corrected chi connectivity index (χ1v) is 32.9. The number of aryl methyl sites for hydroxylation is 1. The number of imidazole rings is 1. The number of amides is 3. The lowest BCUT2D eigenvalue weighted by atomic mass is 9.47. The van der Waals surface area contributed by atoms with Crippen molar-refractivity contribution in [2.75, 3.05) is 46.0 Å². The number of aromatic nitrogens is 4. The van der Waals surface area contributed by atoms with Gasteiger partial charge in [-0.1, -0.05) is 43.2 Å². The molecule has 19 heteroatoms. The molecule has 3 aliphatic heterocycles. The van der Waals surface area contributed by atoms with Gasteiger partial charge in [0, 0.05) is 48.1 Å². The van der Waals surface area contributed by atoms with Crippen LogP contribution in [0.5, 0.6) is 5.75 Å². The van der Waals surface area contributed by atoms with E-state index in [2.05, 4.69) is 64.5 Å². The Labute approximate surface area is 501 Å². The van der Waals surface area contributed by atoms with Crippen LogP contribution in [-0.4, -0.2) is 134 Å². The van der Waals surface area contributed by atoms with E-state index in [1.165, 1.54) is 10.5 Å². The number of fused-ring (bicyclic) bond motifs is 5. The lowest BCUT2D eigenvalue weighted by Crippen LogP contribution is -2.64. The molecule has 3 amide bonds. The predicted molar refractivity (Wildman–Crippen MR) is 323 cm³/mol. The summed E-state index contributed by atoms with van der Waals surface area (Å²) in [4.78, 5) is 71.7. The normalized spacial score (nSPS) is 27.9. The molecule has 1 unspecified atom stereocenters. The van der Waals surface area contributed by atoms with Gasteiger partial charge in [-0.25, -0.2) is 9.37 Å². The van der Waals surface area contributed by atoms with E-state index >= 15 is 9.18 Å². The van der Waals surface area contributed by atoms with Crippen LogP contribution in [0.1, 0.15) is 151 Å². The third-order valence-corrected chi connectivity index (χ3v) is 22.4. The summed E-state index contributed by atoms with van der Waals surface area (Å²) >= 11 is 5.24. The summed E-state index contributed by atoms with van der Waals surface area (Å²) in [6.07, 6.45) is 13.1. The average molecular weight is 1230 g/mol. The minimum absolute atomic E-state index is 0.0360. The van der Waals surface area contributed by atoms with Gasteiger partial charge in [-0.05, 0) is 191 Å². The van der Waals surface area contributed by atoms with E-state index in [0.717, 1.165) is 158 Å². The van der Waals surface area contributed by atoms with Gasteiger partial charge < -0.3 is 44.3 Å². The number of hydrogen-bond acceptors (Lipinski definition) is 12. The number of benzene rings is 3. The lowest BCUT2D eigenvalue weighted by molar-refractivity contribution is -0.153. The first-order valence-electron chi connectivity index (χ1n) is 31.2. The molecular weight excluding hydrogens is 1150 g/mol. The van der Waals surface area contributed by atoms with Crippen molar-refractivity contribution in [3.63, 3.8) is 0 Å². The Balaban J connectivity index is 0.695. The van der Waals surface area contributed by atoms with Gasteiger partial charge in [0.15, 0.2) is 5.67 Å². The Hall–Kier alpha value is -5.31. The zero-order chi connectivity index (χ0) is 57.6. The smallest absolute Gasteiger partial charge is 0.283 e. The number of β-amino-alcohol motifs (C(OH)–C–C–N with tert-alkyl or cyclic N) is 1. The number of aliphatic hydroxyl groups is 1. The van der Waals surface area contributed by atoms with Crippen LogP contribution >= 0.6 is 27.3 Å². The largest absolute Gasteiger partial charge is 0.491 e. The number of alkyl halides is 1. The van der Waals surface area contributed by atoms with Crippen LogP contribution in [0.2, 0.25) is 0 Å². The Morgan fingerprint density at radius 3 is 2.33 bits per heavy atom. The Morgan fingerprint density at radius 1 is 0.917 bits per heavy atom. The molecule has 6 aliphatic carbocycles. The number of piperidine rings is 1. The molecule has 4 bridgehead atoms. The van der Waals surface area contributed by atoms with Crippen molar-refractivity contribution < 1.29 is 38.1 Å². The zero-order valence-electron chi connectivity index (χ0n) is 48.2. The highest BCUT2D eigenvalue weighted by atomic mass is 79.9. The molecular formula is C65H78BrFN8O8S. The lowest BCUT2D eigenvalue weighted by Gasteiger charge is -2.59. The van der Waals surface area contributed by atoms with Gasteiger partial charge in [0.2, 0.25) is 17.6 Å². The molecule has 3 saturated heterocycles. The maximum Gasteiger partial charge on any atom is 0.283 e. The Kier molecular flexibility index (Phi) is 15.3. The van der Waals surface area contributed by atoms with Gasteiger partial charge in [-0.3, -0.25) is 23.6 Å². The second kappa shape index (κ2) is 22.8. The van der Waals surface area contributed by atoms with Crippen molar-refractivity contribution in [1.82, 2.24) is 39.4 Å². The van der Waals surface area contributed by atoms with E-state index in [9.17, 15) is 19.5 Å². The van der Waals surface area contributed by atoms with Gasteiger partial charge >= 0.3 is 0 Å². The average Bonchev–Trinajstić information content (AvgIpc) is 1.93. The van der Waals surface area contributed by atoms with Crippen molar-refractivity contribution in [2.45, 2.75) is 177 Å². The van der Waals surface area contributed by atoms with E-state index in [-0.39, 0.29) is 62.1 Å². The number of halogens is 2. The van der Waals surface area contributed by atoms with Crippen LogP contribution < -0.4 is 20.9 Å². The van der Waals surface area contributed by atoms with E-state index in [1.54, 1.807) is 11.3 Å². The van der Waals surface area contributed by atoms with Gasteiger partial charge in [-0.2, -0.15) is 4.98 Å². The number of carbonyl (C=O) groups excluding carboxylic acids is 3. The highest BCUT2D eigenvalue weighted by molar-refractivity contribution is 9.10. The predicted octanol–water partition coefficient (Wildman–Crippen LogP) is 10.3. The van der Waals surface area contributed by atoms with E-state index < -0.39 is 53.0 Å². The Morgan fingerprint density at radius 2 is 1.65 bits per heavy atom. The number of nitrogens with one attached hydrogen (secondary N) is 2. The second-order valence-electron chi connectivity index (χ2n) is 26.5. The number of carbonyl (C=O) groups is 3. The Bertz CT molecular complexity index is 3510. The molecule has 6 saturated carbocycles. The topological polar surface area (TPSA) is 182 Å². The third kappa shape index (κ3) is 10.7. The number of aliphatic hydroxyl groups excluding tert-OH is 1. The summed E-state index contributed by atoms with van der Waals surface area (Å²) in [5.41, 5.74) is 5.94. The molecule has 6 aromatic rings. The van der Waals surface area contributed by atoms with Crippen molar-refractivity contribution in [1.29, 1.82) is 0 Å². The molecule has 3 aromatic carbocycles. The highest BCUT2D eigenvalue weighted by Crippen LogP contribution is 2.62. The number of hydrogen-bond donors (Lipinski definition) is 3. The fraction of sp³-hybridized carbons (Fsp3) is 0.600. The molecule has 16 nitrogen and oxygen atoms in total. The molecule has 0 radical (unpaired) electrons. The molecule has 84 heavy (non-hydrogen) atoms. The van der Waals surface area contributed by atoms with Crippen LogP contribution in [0.25, 0.3) is 38.2 Å². The van der Waals surface area contributed by atoms with Crippen molar-refractivity contribution in [3.05, 3.63) is 91.8 Å². The van der Waals surface area contributed by atoms with Crippen LogP contribution in [0, 0.1) is 30.1 Å². The van der Waals surface area contributed by atoms with Crippen LogP contribution in [0.3, 0.4) is 0 Å². The number of nitrogens with zero attached hydrogens (tertiary/aromatic N) is 6. The van der Waals surface area contributed by atoms with Gasteiger partial charge in [-0.15, -0.1) is 11.3 Å². The molecule has 3 aromatic heterocycles. The van der Waals surface area contributed by atoms with E-state index in [0.29, 0.717) is 42.1 Å². The zero-order valence-corrected chi connectivity index (χ0v) is 50.6. The van der Waals surface area contributed by atoms with Crippen LogP contribution in [0.4, 0.5) is 4.39 Å². The molecule has 446 valence electrons. The van der Waals surface area contributed by atoms with Gasteiger partial charge in [0.1, 0.15) is 24.4 Å². The van der Waals surface area contributed by atoms with Gasteiger partial charge in [0.25, 0.3) is 11.5 Å². The molecule has 3 N–H and O–H groups in total. The highest BCUT2D eigenvalue weighted by Gasteiger charge is 2.60. The number of likely N-dealkylation sites (tertiary alicyclic amines) is 2. The molecule has 9 fully saturated rings. The standard InChI is InChI=1S/C65H78BrFN8O8S/c1-37(32-72-20-16-42(17-21-72)48-27-52-53(28-55(48)83-34-47-9-6-22-81-47)75-51-11-5-10-49(66)56(51)60(78)71-63(75)74(52)45-7-3-4-8-45)82-35-50(43-12-14-44(15-13-43)57-38(2)68-36-84-57)69-59(77)54-26-46(76)33-73(54)61(79)58(70-62(80)65(67)18-19-65)64-29-39-23-40(30-64)25-41(24-39)31-64/h5,10-15,27-28,36-37,39-42,45-47,50,54,58,76H,3-4,6-9,16-26,29-35H2,1-2H3,(H,69,77)(H,70,80)/t37-,39?,40?,41?,46-,47+,50?,54+,58-,64?/m1/s1. The monoisotopic (exact) mass is 1230 g/mol. The fourth-order valence-electron chi connectivity index (χ4n) is 16.7. The fourth-order valence-corrected chi connectivity index (χ4v) is 18.0. The summed E-state index contributed by atoms with van der Waals surface area (Å²) in [6.45, 7) is 7.73. The minimum Gasteiger partial charge on any atom is -0.491 e. The minimum atomic E-state index is -1.97. The molecule has 9 aliphatic rings. The second-order valence-corrected chi connectivity index (χ2v) is 28.2. The van der Waals surface area contributed by atoms with Crippen molar-refractivity contribution >= 4 is 72.7 Å². The first-order chi connectivity index (χ1) is 40.7. The summed E-state index contributed by atoms with van der Waals surface area (Å²) in [7, 11) is 0. The van der Waals surface area contributed by atoms with Gasteiger partial charge in [0.05, 0.1) is 69.0 Å². The molecule has 6 heterocycles. The molecule has 0 spiro atoms. The maximum absolute atomic E-state index is 15.5. The number of thiazole rings is 1. The summed E-state index contributed by atoms with van der Waals surface area (Å²) < 4.78 is 40.3. The number of ether oxygens (including phenoxy) is 3. The maximum atomic E-state index is 15.5. The third-order valence-electron chi connectivity index (χ3n) is 20.7. The quantitative estimate of drug-likeness (QED) is 0.0745. The number of rotatable bonds is 18. The molecule has 6 atom stereocenters. The summed E-state index contributed by atoms with van der Waals surface area (Å²) in [5.74, 6) is 1.59. The van der Waals surface area contributed by atoms with Crippen molar-refractivity contribution in [3.8, 4) is 16.2 Å². The van der Waals surface area contributed by atoms with Crippen LogP contribution in [0.15, 0.2) is 69.4 Å². The van der Waals surface area contributed by atoms with E-state index in [1.807, 2.05) is 54.9 Å². The summed E-state index contributed by atoms with van der Waals surface area (Å²) in [6, 6.07) is 16.2. The molecule has 15 rings (SSSR count). The van der Waals surface area contributed by atoms with Crippen LogP contribution in [-0.2, 0) is 23.9 Å². The summed E-state index contributed by atoms with van der Waals surface area (Å²) in [5, 5.41) is 18.1. The van der Waals surface area contributed by atoms with Crippen molar-refractivity contribution in [2.24, 2.45) is 23.2 Å². The SMILES string of the molecule is Cc1ncsc1-c1ccc(C(CO[C@H](C)CN2CCC(c3cc4c(cc3OC[C@@H]3CCCO3)n3c5cccc(Br)c5c(=O)nc3n4C3CCCC3)CC2)NC(=O)[C@@H]2C[C@@H](O)CN2C(=O)[C@@H](NC(=O)C2(F)CC2)C23CC4CC(CC(C4)C2)C3)cc1. The van der Waals surface area contributed by atoms with E-state index in [4.69, 9.17) is 19.2 Å². The first kappa shape index (κ1) is 56.5.